The van der Waals surface area contributed by atoms with Crippen LogP contribution >= 0.6 is 0 Å². The van der Waals surface area contributed by atoms with Crippen molar-refractivity contribution in [3.8, 4) is 34.9 Å². The molecule has 9 rings (SSSR count). The van der Waals surface area contributed by atoms with Crippen LogP contribution in [0.15, 0.2) is 122 Å². The minimum atomic E-state index is 0.380. The fourth-order valence-electron chi connectivity index (χ4n) is 7.33. The second-order valence-electron chi connectivity index (χ2n) is 13.1. The van der Waals surface area contributed by atoms with Crippen molar-refractivity contribution in [2.45, 2.75) is 27.7 Å². The number of fused-ring (bicyclic) bond motifs is 6. The Balaban J connectivity index is 1.54. The van der Waals surface area contributed by atoms with Crippen molar-refractivity contribution in [2.75, 3.05) is 0 Å². The second-order valence-corrected chi connectivity index (χ2v) is 13.1. The number of aryl methyl sites for hydroxylation is 4. The van der Waals surface area contributed by atoms with E-state index in [4.69, 9.17) is 15.0 Å². The zero-order valence-corrected chi connectivity index (χ0v) is 28.2. The van der Waals surface area contributed by atoms with Gasteiger partial charge in [0.2, 0.25) is 11.6 Å². The third-order valence-electron chi connectivity index (χ3n) is 9.56. The molecule has 5 aromatic heterocycles. The highest BCUT2D eigenvalue weighted by atomic mass is 15.3. The maximum Gasteiger partial charge on any atom is 0.367 e. The number of aromatic nitrogens is 6. The number of nitrogens with zero attached hydrogens (tertiary/aromatic N) is 7. The molecule has 0 aliphatic rings. The zero-order chi connectivity index (χ0) is 34.1. The topological polar surface area (TPSA) is 76.2 Å². The molecule has 50 heavy (non-hydrogen) atoms. The molecule has 0 unspecified atom stereocenters. The Bertz CT molecular complexity index is 2550. The van der Waals surface area contributed by atoms with Gasteiger partial charge in [0.15, 0.2) is 5.69 Å². The van der Waals surface area contributed by atoms with Gasteiger partial charge >= 0.3 is 5.95 Å². The standard InChI is InChI=1S/C43H32N7/c1-26-11-15-35-30(21-26)31-22-27(2)12-16-36(31)48(35)42-41(34-9-5-7-19-45-34)39(25-44)50(40-10-6-8-20-46-40)43(47-42)49-37-17-13-28(3)23-32(37)33-24-29(4)14-18-38(33)49/h5-24H,1-4H3/q+1. The Labute approximate surface area is 289 Å². The van der Waals surface area contributed by atoms with Crippen molar-refractivity contribution in [3.05, 3.63) is 150 Å². The van der Waals surface area contributed by atoms with Gasteiger partial charge in [-0.05, 0) is 94.4 Å². The Kier molecular flexibility index (Phi) is 6.61. The highest BCUT2D eigenvalue weighted by molar-refractivity contribution is 6.11. The van der Waals surface area contributed by atoms with Crippen molar-refractivity contribution in [3.63, 3.8) is 0 Å². The third-order valence-corrected chi connectivity index (χ3v) is 9.56. The average Bonchev–Trinajstić information content (AvgIpc) is 3.62. The highest BCUT2D eigenvalue weighted by Crippen LogP contribution is 2.38. The number of hydrogen-bond donors (Lipinski definition) is 0. The molecular weight excluding hydrogens is 615 g/mol. The van der Waals surface area contributed by atoms with Gasteiger partial charge in [-0.1, -0.05) is 63.6 Å². The van der Waals surface area contributed by atoms with Crippen LogP contribution in [0.4, 0.5) is 0 Å². The van der Waals surface area contributed by atoms with E-state index in [1.165, 1.54) is 22.3 Å². The van der Waals surface area contributed by atoms with Gasteiger partial charge in [0.05, 0.1) is 22.9 Å². The quantitative estimate of drug-likeness (QED) is 0.179. The van der Waals surface area contributed by atoms with Gasteiger partial charge in [0, 0.05) is 33.8 Å². The SMILES string of the molecule is Cc1ccc2c(c1)c1cc(C)ccc1n2-c1nc(-n2c3ccc(C)cc3c3cc(C)ccc32)[n+](-c2ccccn2)c(C#N)c1-c1ccccn1. The Morgan fingerprint density at radius 2 is 1.04 bits per heavy atom. The van der Waals surface area contributed by atoms with Gasteiger partial charge in [-0.3, -0.25) is 9.55 Å². The first kappa shape index (κ1) is 29.5. The summed E-state index contributed by atoms with van der Waals surface area (Å²) in [4.78, 5) is 15.3. The molecule has 0 bridgehead atoms. The number of rotatable bonds is 4. The molecule has 0 atom stereocenters. The molecule has 7 nitrogen and oxygen atoms in total. The number of hydrogen-bond acceptors (Lipinski definition) is 4. The van der Waals surface area contributed by atoms with E-state index < -0.39 is 0 Å². The summed E-state index contributed by atoms with van der Waals surface area (Å²) in [7, 11) is 0. The minimum absolute atomic E-state index is 0.380. The van der Waals surface area contributed by atoms with E-state index in [0.29, 0.717) is 34.5 Å². The first-order chi connectivity index (χ1) is 24.4. The van der Waals surface area contributed by atoms with Crippen LogP contribution in [0.3, 0.4) is 0 Å². The van der Waals surface area contributed by atoms with Gasteiger partial charge in [-0.2, -0.15) is 9.83 Å². The van der Waals surface area contributed by atoms with Crippen molar-refractivity contribution in [1.82, 2.24) is 24.1 Å². The highest BCUT2D eigenvalue weighted by Gasteiger charge is 2.33. The van der Waals surface area contributed by atoms with Crippen LogP contribution in [0.1, 0.15) is 27.9 Å². The van der Waals surface area contributed by atoms with E-state index >= 15 is 0 Å². The summed E-state index contributed by atoms with van der Waals surface area (Å²) in [5, 5.41) is 15.8. The molecule has 0 saturated carbocycles. The molecule has 0 saturated heterocycles. The van der Waals surface area contributed by atoms with Crippen LogP contribution in [0.25, 0.3) is 72.5 Å². The van der Waals surface area contributed by atoms with Crippen LogP contribution in [-0.4, -0.2) is 24.1 Å². The molecular formula is C43H32N7+. The van der Waals surface area contributed by atoms with Crippen LogP contribution in [0, 0.1) is 39.0 Å². The lowest BCUT2D eigenvalue weighted by Crippen LogP contribution is -2.43. The second kappa shape index (κ2) is 11.2. The summed E-state index contributed by atoms with van der Waals surface area (Å²) < 4.78 is 6.25. The summed E-state index contributed by atoms with van der Waals surface area (Å²) in [6.07, 6.45) is 3.51. The molecule has 7 heteroatoms. The van der Waals surface area contributed by atoms with Gasteiger partial charge in [0.1, 0.15) is 22.7 Å². The predicted molar refractivity (Wildman–Crippen MR) is 199 cm³/mol. The summed E-state index contributed by atoms with van der Waals surface area (Å²) in [6.45, 7) is 8.46. The molecule has 0 spiro atoms. The molecule has 0 aliphatic heterocycles. The largest absolute Gasteiger partial charge is 0.367 e. The summed E-state index contributed by atoms with van der Waals surface area (Å²) in [5.41, 5.74) is 10.3. The van der Waals surface area contributed by atoms with Gasteiger partial charge in [-0.25, -0.2) is 4.57 Å². The van der Waals surface area contributed by atoms with Crippen LogP contribution in [-0.2, 0) is 0 Å². The van der Waals surface area contributed by atoms with E-state index in [2.05, 4.69) is 116 Å². The molecule has 4 aromatic carbocycles. The Morgan fingerprint density at radius 3 is 1.48 bits per heavy atom. The zero-order valence-electron chi connectivity index (χ0n) is 28.2. The predicted octanol–water partition coefficient (Wildman–Crippen LogP) is 9.11. The van der Waals surface area contributed by atoms with Gasteiger partial charge in [-0.15, -0.1) is 4.98 Å². The molecule has 0 radical (unpaired) electrons. The van der Waals surface area contributed by atoms with E-state index in [0.717, 1.165) is 43.6 Å². The fraction of sp³-hybridized carbons (Fsp3) is 0.0930. The summed E-state index contributed by atoms with van der Waals surface area (Å²) in [6, 6.07) is 40.2. The average molecular weight is 647 g/mol. The van der Waals surface area contributed by atoms with Crippen molar-refractivity contribution >= 4 is 43.6 Å². The monoisotopic (exact) mass is 646 g/mol. The van der Waals surface area contributed by atoms with E-state index in [-0.39, 0.29) is 0 Å². The maximum absolute atomic E-state index is 11.3. The van der Waals surface area contributed by atoms with Crippen molar-refractivity contribution < 1.29 is 4.57 Å². The van der Waals surface area contributed by atoms with Crippen LogP contribution in [0.5, 0.6) is 0 Å². The Hall–Kier alpha value is -6.65. The van der Waals surface area contributed by atoms with Gasteiger partial charge in [0.25, 0.3) is 0 Å². The minimum Gasteiger partial charge on any atom is -0.283 e. The maximum atomic E-state index is 11.3. The molecule has 0 aliphatic carbocycles. The van der Waals surface area contributed by atoms with Gasteiger partial charge < -0.3 is 0 Å². The fourth-order valence-corrected chi connectivity index (χ4v) is 7.33. The van der Waals surface area contributed by atoms with E-state index in [1.807, 2.05) is 41.0 Å². The lowest BCUT2D eigenvalue weighted by molar-refractivity contribution is -0.598. The van der Waals surface area contributed by atoms with Crippen molar-refractivity contribution in [1.29, 1.82) is 5.26 Å². The first-order valence-corrected chi connectivity index (χ1v) is 16.7. The summed E-state index contributed by atoms with van der Waals surface area (Å²) in [5.74, 6) is 1.75. The van der Waals surface area contributed by atoms with Crippen LogP contribution in [0.2, 0.25) is 0 Å². The number of benzene rings is 4. The normalized spacial score (nSPS) is 11.6. The molecule has 0 N–H and O–H groups in total. The lowest BCUT2D eigenvalue weighted by atomic mass is 10.1. The molecule has 5 heterocycles. The van der Waals surface area contributed by atoms with E-state index in [9.17, 15) is 5.26 Å². The third kappa shape index (κ3) is 4.42. The smallest absolute Gasteiger partial charge is 0.283 e. The molecule has 0 fully saturated rings. The van der Waals surface area contributed by atoms with Crippen molar-refractivity contribution in [2.24, 2.45) is 0 Å². The lowest BCUT2D eigenvalue weighted by Gasteiger charge is -2.17. The molecule has 238 valence electrons. The Morgan fingerprint density at radius 1 is 0.560 bits per heavy atom. The first-order valence-electron chi connectivity index (χ1n) is 16.7. The molecule has 0 amide bonds. The van der Waals surface area contributed by atoms with Crippen LogP contribution < -0.4 is 4.57 Å². The summed E-state index contributed by atoms with van der Waals surface area (Å²) >= 11 is 0. The number of nitriles is 1. The molecule has 9 aromatic rings. The number of pyridine rings is 2. The van der Waals surface area contributed by atoms with E-state index in [1.54, 1.807) is 12.4 Å².